The van der Waals surface area contributed by atoms with Crippen molar-refractivity contribution in [2.45, 2.75) is 6.61 Å². The Bertz CT molecular complexity index is 1010. The van der Waals surface area contributed by atoms with Gasteiger partial charge in [0.05, 0.1) is 7.11 Å². The maximum Gasteiger partial charge on any atom is 0.342 e. The summed E-state index contributed by atoms with van der Waals surface area (Å²) in [5.74, 6) is -0.458. The molecular formula is C18H13ClO6. The molecule has 1 aromatic heterocycles. The number of aromatic hydroxyl groups is 1. The molecule has 0 aliphatic heterocycles. The smallest absolute Gasteiger partial charge is 0.342 e. The predicted molar refractivity (Wildman–Crippen MR) is 91.3 cm³/mol. The van der Waals surface area contributed by atoms with Crippen molar-refractivity contribution in [1.29, 1.82) is 0 Å². The molecular weight excluding hydrogens is 348 g/mol. The summed E-state index contributed by atoms with van der Waals surface area (Å²) in [5, 5.41) is 10.6. The fraction of sp³-hybridized carbons (Fsp3) is 0.111. The first-order valence-electron chi connectivity index (χ1n) is 7.24. The fourth-order valence-corrected chi connectivity index (χ4v) is 2.52. The summed E-state index contributed by atoms with van der Waals surface area (Å²) < 4.78 is 15.4. The molecule has 0 saturated carbocycles. The number of esters is 1. The molecule has 0 spiro atoms. The highest BCUT2D eigenvalue weighted by atomic mass is 35.5. The normalized spacial score (nSPS) is 10.6. The summed E-state index contributed by atoms with van der Waals surface area (Å²) in [5.41, 5.74) is 0.172. The number of phenolic OH excluding ortho intramolecular Hbond substituents is 1. The number of benzene rings is 2. The number of phenols is 1. The lowest BCUT2D eigenvalue weighted by Gasteiger charge is -2.09. The van der Waals surface area contributed by atoms with Crippen LogP contribution in [-0.2, 0) is 11.3 Å². The number of carbonyl (C=O) groups is 1. The second-order valence-corrected chi connectivity index (χ2v) is 5.63. The highest BCUT2D eigenvalue weighted by Crippen LogP contribution is 2.25. The van der Waals surface area contributed by atoms with E-state index in [9.17, 15) is 14.7 Å². The molecule has 0 aliphatic carbocycles. The molecule has 0 unspecified atom stereocenters. The molecule has 0 bridgehead atoms. The number of rotatable bonds is 4. The predicted octanol–water partition coefficient (Wildman–Crippen LogP) is 3.52. The molecule has 0 radical (unpaired) electrons. The van der Waals surface area contributed by atoms with Crippen LogP contribution in [0.1, 0.15) is 15.9 Å². The Kier molecular flexibility index (Phi) is 4.63. The number of hydrogen-bond donors (Lipinski definition) is 1. The van der Waals surface area contributed by atoms with E-state index in [2.05, 4.69) is 0 Å². The molecule has 3 aromatic rings. The average molecular weight is 361 g/mol. The lowest BCUT2D eigenvalue weighted by Crippen LogP contribution is -2.08. The summed E-state index contributed by atoms with van der Waals surface area (Å²) in [6.45, 7) is -0.167. The Morgan fingerprint density at radius 1 is 1.20 bits per heavy atom. The zero-order valence-electron chi connectivity index (χ0n) is 13.1. The van der Waals surface area contributed by atoms with E-state index in [1.165, 1.54) is 31.4 Å². The monoisotopic (exact) mass is 360 g/mol. The van der Waals surface area contributed by atoms with Gasteiger partial charge in [0.15, 0.2) is 0 Å². The van der Waals surface area contributed by atoms with Crippen LogP contribution in [0.5, 0.6) is 11.5 Å². The van der Waals surface area contributed by atoms with Crippen molar-refractivity contribution >= 4 is 28.5 Å². The van der Waals surface area contributed by atoms with Crippen LogP contribution < -0.4 is 10.4 Å². The van der Waals surface area contributed by atoms with E-state index in [-0.39, 0.29) is 17.9 Å². The van der Waals surface area contributed by atoms with Gasteiger partial charge in [-0.2, -0.15) is 0 Å². The standard InChI is InChI=1S/C18H13ClO6/c1-23-12-3-4-13-10(6-17(21)25-16(13)8-12)9-24-18(22)14-7-11(19)2-5-15(14)20/h2-8,20H,9H2,1H3. The lowest BCUT2D eigenvalue weighted by molar-refractivity contribution is 0.0470. The first-order valence-corrected chi connectivity index (χ1v) is 7.62. The van der Waals surface area contributed by atoms with Crippen LogP contribution in [0.15, 0.2) is 51.7 Å². The van der Waals surface area contributed by atoms with E-state index < -0.39 is 11.6 Å². The summed E-state index contributed by atoms with van der Waals surface area (Å²) in [6, 6.07) is 10.3. The zero-order chi connectivity index (χ0) is 18.0. The number of carbonyl (C=O) groups excluding carboxylic acids is 1. The van der Waals surface area contributed by atoms with Crippen LogP contribution in [0.2, 0.25) is 5.02 Å². The molecule has 0 atom stereocenters. The number of hydrogen-bond acceptors (Lipinski definition) is 6. The third kappa shape index (κ3) is 3.59. The molecule has 0 amide bonds. The lowest BCUT2D eigenvalue weighted by atomic mass is 10.1. The first kappa shape index (κ1) is 16.9. The molecule has 7 heteroatoms. The van der Waals surface area contributed by atoms with Crippen LogP contribution in [0.25, 0.3) is 11.0 Å². The highest BCUT2D eigenvalue weighted by molar-refractivity contribution is 6.31. The molecule has 0 fully saturated rings. The Balaban J connectivity index is 1.89. The molecule has 0 saturated heterocycles. The maximum absolute atomic E-state index is 12.2. The number of fused-ring (bicyclic) bond motifs is 1. The van der Waals surface area contributed by atoms with Crippen LogP contribution in [0, 0.1) is 0 Å². The molecule has 1 heterocycles. The molecule has 6 nitrogen and oxygen atoms in total. The largest absolute Gasteiger partial charge is 0.507 e. The molecule has 2 aromatic carbocycles. The minimum absolute atomic E-state index is 0.0542. The van der Waals surface area contributed by atoms with Gasteiger partial charge in [-0.3, -0.25) is 0 Å². The van der Waals surface area contributed by atoms with Gasteiger partial charge in [-0.25, -0.2) is 9.59 Å². The number of methoxy groups -OCH3 is 1. The van der Waals surface area contributed by atoms with E-state index in [1.54, 1.807) is 18.2 Å². The van der Waals surface area contributed by atoms with E-state index in [1.807, 2.05) is 0 Å². The van der Waals surface area contributed by atoms with Gasteiger partial charge in [0.25, 0.3) is 0 Å². The molecule has 128 valence electrons. The maximum atomic E-state index is 12.2. The second-order valence-electron chi connectivity index (χ2n) is 5.19. The van der Waals surface area contributed by atoms with Gasteiger partial charge < -0.3 is 19.0 Å². The van der Waals surface area contributed by atoms with Gasteiger partial charge in [0.2, 0.25) is 0 Å². The SMILES string of the molecule is COc1ccc2c(COC(=O)c3cc(Cl)ccc3O)cc(=O)oc2c1. The molecule has 0 aliphatic rings. The molecule has 25 heavy (non-hydrogen) atoms. The van der Waals surface area contributed by atoms with E-state index in [0.29, 0.717) is 27.3 Å². The minimum atomic E-state index is -0.755. The molecule has 3 rings (SSSR count). The summed E-state index contributed by atoms with van der Waals surface area (Å²) >= 11 is 5.82. The topological polar surface area (TPSA) is 86.0 Å². The van der Waals surface area contributed by atoms with Gasteiger partial charge in [0, 0.05) is 28.1 Å². The average Bonchev–Trinajstić information content (AvgIpc) is 2.60. The van der Waals surface area contributed by atoms with E-state index >= 15 is 0 Å². The van der Waals surface area contributed by atoms with Crippen LogP contribution in [0.4, 0.5) is 0 Å². The third-order valence-corrected chi connectivity index (χ3v) is 3.81. The van der Waals surface area contributed by atoms with Crippen LogP contribution >= 0.6 is 11.6 Å². The fourth-order valence-electron chi connectivity index (χ4n) is 2.35. The Morgan fingerprint density at radius 2 is 2.00 bits per heavy atom. The van der Waals surface area contributed by atoms with Crippen molar-refractivity contribution < 1.29 is 23.8 Å². The Morgan fingerprint density at radius 3 is 2.76 bits per heavy atom. The van der Waals surface area contributed by atoms with Crippen molar-refractivity contribution in [3.63, 3.8) is 0 Å². The van der Waals surface area contributed by atoms with Crippen molar-refractivity contribution in [3.05, 3.63) is 69.0 Å². The third-order valence-electron chi connectivity index (χ3n) is 3.57. The van der Waals surface area contributed by atoms with Gasteiger partial charge >= 0.3 is 11.6 Å². The van der Waals surface area contributed by atoms with Gasteiger partial charge in [-0.05, 0) is 30.3 Å². The van der Waals surface area contributed by atoms with Crippen LogP contribution in [0.3, 0.4) is 0 Å². The summed E-state index contributed by atoms with van der Waals surface area (Å²) in [7, 11) is 1.50. The van der Waals surface area contributed by atoms with Gasteiger partial charge in [0.1, 0.15) is 29.3 Å². The zero-order valence-corrected chi connectivity index (χ0v) is 13.9. The second kappa shape index (κ2) is 6.86. The highest BCUT2D eigenvalue weighted by Gasteiger charge is 2.15. The Labute approximate surface area is 147 Å². The van der Waals surface area contributed by atoms with Crippen molar-refractivity contribution in [1.82, 2.24) is 0 Å². The van der Waals surface area contributed by atoms with E-state index in [4.69, 9.17) is 25.5 Å². The number of ether oxygens (including phenoxy) is 2. The minimum Gasteiger partial charge on any atom is -0.507 e. The van der Waals surface area contributed by atoms with Gasteiger partial charge in [-0.15, -0.1) is 0 Å². The van der Waals surface area contributed by atoms with Crippen LogP contribution in [-0.4, -0.2) is 18.2 Å². The quantitative estimate of drug-likeness (QED) is 0.566. The summed E-state index contributed by atoms with van der Waals surface area (Å²) in [4.78, 5) is 23.9. The van der Waals surface area contributed by atoms with Gasteiger partial charge in [-0.1, -0.05) is 11.6 Å². The first-order chi connectivity index (χ1) is 12.0. The van der Waals surface area contributed by atoms with E-state index in [0.717, 1.165) is 0 Å². The molecule has 1 N–H and O–H groups in total. The summed E-state index contributed by atoms with van der Waals surface area (Å²) in [6.07, 6.45) is 0. The van der Waals surface area contributed by atoms with Crippen molar-refractivity contribution in [2.24, 2.45) is 0 Å². The Hall–Kier alpha value is -2.99. The van der Waals surface area contributed by atoms with Crippen molar-refractivity contribution in [2.75, 3.05) is 7.11 Å². The van der Waals surface area contributed by atoms with Crippen molar-refractivity contribution in [3.8, 4) is 11.5 Å². The number of halogens is 1.